The molecule has 7 heteroatoms. The van der Waals surface area contributed by atoms with Crippen LogP contribution in [0.3, 0.4) is 0 Å². The largest absolute Gasteiger partial charge is 0.388 e. The molecule has 0 aromatic carbocycles. The van der Waals surface area contributed by atoms with Crippen molar-refractivity contribution >= 4 is 11.9 Å². The third-order valence-electron chi connectivity index (χ3n) is 3.12. The first kappa shape index (κ1) is 11.8. The molecule has 1 fully saturated rings. The zero-order chi connectivity index (χ0) is 12.5. The quantitative estimate of drug-likeness (QED) is 0.675. The van der Waals surface area contributed by atoms with Crippen molar-refractivity contribution in [3.8, 4) is 0 Å². The number of nitrogens with two attached hydrogens (primary N) is 1. The Kier molecular flexibility index (Phi) is 3.01. The lowest BCUT2D eigenvalue weighted by molar-refractivity contribution is 0.0153. The second-order valence-corrected chi connectivity index (χ2v) is 4.63. The van der Waals surface area contributed by atoms with Crippen molar-refractivity contribution in [2.75, 3.05) is 19.3 Å². The van der Waals surface area contributed by atoms with Gasteiger partial charge in [-0.3, -0.25) is 9.89 Å². The van der Waals surface area contributed by atoms with Gasteiger partial charge in [0.25, 0.3) is 5.91 Å². The van der Waals surface area contributed by atoms with E-state index in [2.05, 4.69) is 15.2 Å². The SMILES string of the molecule is CN(CC1(O)CCCC1)C(=O)c1nc(N)n[nH]1. The average Bonchev–Trinajstić information content (AvgIpc) is 2.86. The van der Waals surface area contributed by atoms with Crippen LogP contribution >= 0.6 is 0 Å². The predicted molar refractivity (Wildman–Crippen MR) is 61.2 cm³/mol. The summed E-state index contributed by atoms with van der Waals surface area (Å²) in [5, 5.41) is 16.3. The van der Waals surface area contributed by atoms with Crippen LogP contribution in [-0.4, -0.2) is 50.3 Å². The molecule has 1 aliphatic carbocycles. The van der Waals surface area contributed by atoms with E-state index >= 15 is 0 Å². The smallest absolute Gasteiger partial charge is 0.291 e. The maximum absolute atomic E-state index is 11.9. The van der Waals surface area contributed by atoms with E-state index in [1.54, 1.807) is 7.05 Å². The standard InChI is InChI=1S/C10H17N5O2/c1-15(6-10(17)4-2-3-5-10)8(16)7-12-9(11)14-13-7/h17H,2-6H2,1H3,(H3,11,12,13,14). The molecule has 0 spiro atoms. The van der Waals surface area contributed by atoms with Gasteiger partial charge in [-0.1, -0.05) is 12.8 Å². The molecular weight excluding hydrogens is 222 g/mol. The van der Waals surface area contributed by atoms with Gasteiger partial charge in [0.2, 0.25) is 11.8 Å². The number of H-pyrrole nitrogens is 1. The van der Waals surface area contributed by atoms with Crippen molar-refractivity contribution in [3.63, 3.8) is 0 Å². The molecule has 2 rings (SSSR count). The molecule has 1 heterocycles. The minimum atomic E-state index is -0.754. The number of nitrogens with zero attached hydrogens (tertiary/aromatic N) is 3. The Balaban J connectivity index is 2.00. The van der Waals surface area contributed by atoms with Crippen molar-refractivity contribution in [3.05, 3.63) is 5.82 Å². The van der Waals surface area contributed by atoms with E-state index in [0.717, 1.165) is 25.7 Å². The van der Waals surface area contributed by atoms with Crippen LogP contribution in [0.5, 0.6) is 0 Å². The Morgan fingerprint density at radius 2 is 2.24 bits per heavy atom. The van der Waals surface area contributed by atoms with Crippen LogP contribution < -0.4 is 5.73 Å². The zero-order valence-electron chi connectivity index (χ0n) is 9.81. The summed E-state index contributed by atoms with van der Waals surface area (Å²) in [5.74, 6) is -0.164. The molecule has 1 aliphatic rings. The number of aromatic amines is 1. The van der Waals surface area contributed by atoms with Gasteiger partial charge in [-0.15, -0.1) is 5.10 Å². The number of likely N-dealkylation sites (N-methyl/N-ethyl adjacent to an activating group) is 1. The highest BCUT2D eigenvalue weighted by atomic mass is 16.3. The van der Waals surface area contributed by atoms with Crippen LogP contribution in [0.4, 0.5) is 5.95 Å². The summed E-state index contributed by atoms with van der Waals surface area (Å²) in [6.45, 7) is 0.312. The molecular formula is C10H17N5O2. The van der Waals surface area contributed by atoms with Gasteiger partial charge < -0.3 is 15.7 Å². The number of amides is 1. The number of hydrogen-bond acceptors (Lipinski definition) is 5. The highest BCUT2D eigenvalue weighted by Crippen LogP contribution is 2.30. The lowest BCUT2D eigenvalue weighted by Crippen LogP contribution is -2.42. The number of aliphatic hydroxyl groups is 1. The maximum atomic E-state index is 11.9. The fraction of sp³-hybridized carbons (Fsp3) is 0.700. The Bertz CT molecular complexity index is 411. The fourth-order valence-electron chi connectivity index (χ4n) is 2.26. The van der Waals surface area contributed by atoms with E-state index in [1.165, 1.54) is 4.90 Å². The lowest BCUT2D eigenvalue weighted by atomic mass is 10.0. The number of nitrogen functional groups attached to an aromatic ring is 1. The lowest BCUT2D eigenvalue weighted by Gasteiger charge is -2.27. The second kappa shape index (κ2) is 4.33. The van der Waals surface area contributed by atoms with Gasteiger partial charge in [-0.25, -0.2) is 0 Å². The summed E-state index contributed by atoms with van der Waals surface area (Å²) in [6.07, 6.45) is 3.49. The van der Waals surface area contributed by atoms with Gasteiger partial charge in [0.15, 0.2) is 0 Å². The molecule has 1 saturated carbocycles. The number of carbonyl (C=O) groups is 1. The van der Waals surface area contributed by atoms with E-state index in [4.69, 9.17) is 5.73 Å². The van der Waals surface area contributed by atoms with Crippen molar-refractivity contribution in [2.24, 2.45) is 0 Å². The van der Waals surface area contributed by atoms with Gasteiger partial charge in [0.1, 0.15) is 0 Å². The molecule has 17 heavy (non-hydrogen) atoms. The minimum Gasteiger partial charge on any atom is -0.388 e. The van der Waals surface area contributed by atoms with Crippen LogP contribution in [0.25, 0.3) is 0 Å². The number of nitrogens with one attached hydrogen (secondary N) is 1. The third kappa shape index (κ3) is 2.55. The van der Waals surface area contributed by atoms with Crippen LogP contribution in [0.2, 0.25) is 0 Å². The predicted octanol–water partition coefficient (Wildman–Crippen LogP) is -0.236. The first-order valence-corrected chi connectivity index (χ1v) is 5.66. The van der Waals surface area contributed by atoms with E-state index in [-0.39, 0.29) is 17.7 Å². The van der Waals surface area contributed by atoms with E-state index < -0.39 is 5.60 Å². The molecule has 0 radical (unpaired) electrons. The van der Waals surface area contributed by atoms with E-state index in [1.807, 2.05) is 0 Å². The molecule has 4 N–H and O–H groups in total. The summed E-state index contributed by atoms with van der Waals surface area (Å²) in [7, 11) is 1.64. The minimum absolute atomic E-state index is 0.0429. The molecule has 0 bridgehead atoms. The third-order valence-corrected chi connectivity index (χ3v) is 3.12. The highest BCUT2D eigenvalue weighted by molar-refractivity contribution is 5.90. The normalized spacial score (nSPS) is 18.2. The number of anilines is 1. The average molecular weight is 239 g/mol. The zero-order valence-corrected chi connectivity index (χ0v) is 9.81. The molecule has 1 aromatic heterocycles. The van der Waals surface area contributed by atoms with Crippen molar-refractivity contribution in [1.29, 1.82) is 0 Å². The number of hydrogen-bond donors (Lipinski definition) is 3. The van der Waals surface area contributed by atoms with Crippen molar-refractivity contribution in [1.82, 2.24) is 20.1 Å². The molecule has 94 valence electrons. The van der Waals surface area contributed by atoms with Gasteiger partial charge >= 0.3 is 0 Å². The number of aromatic nitrogens is 3. The topological polar surface area (TPSA) is 108 Å². The van der Waals surface area contributed by atoms with E-state index in [9.17, 15) is 9.90 Å². The van der Waals surface area contributed by atoms with Crippen LogP contribution in [0, 0.1) is 0 Å². The first-order chi connectivity index (χ1) is 8.00. The molecule has 1 aromatic rings. The molecule has 0 saturated heterocycles. The number of carbonyl (C=O) groups excluding carboxylic acids is 1. The summed E-state index contributed by atoms with van der Waals surface area (Å²) >= 11 is 0. The summed E-state index contributed by atoms with van der Waals surface area (Å²) in [6, 6.07) is 0. The Morgan fingerprint density at radius 1 is 1.59 bits per heavy atom. The molecule has 7 nitrogen and oxygen atoms in total. The Labute approximate surface area is 99.0 Å². The van der Waals surface area contributed by atoms with Crippen molar-refractivity contribution in [2.45, 2.75) is 31.3 Å². The Hall–Kier alpha value is -1.63. The highest BCUT2D eigenvalue weighted by Gasteiger charge is 2.34. The van der Waals surface area contributed by atoms with Crippen LogP contribution in [0.1, 0.15) is 36.3 Å². The van der Waals surface area contributed by atoms with Crippen LogP contribution in [-0.2, 0) is 0 Å². The molecule has 0 atom stereocenters. The monoisotopic (exact) mass is 239 g/mol. The first-order valence-electron chi connectivity index (χ1n) is 5.66. The molecule has 0 aliphatic heterocycles. The van der Waals surface area contributed by atoms with Crippen molar-refractivity contribution < 1.29 is 9.90 Å². The Morgan fingerprint density at radius 3 is 2.76 bits per heavy atom. The molecule has 1 amide bonds. The second-order valence-electron chi connectivity index (χ2n) is 4.63. The van der Waals surface area contributed by atoms with Gasteiger partial charge in [-0.05, 0) is 12.8 Å². The van der Waals surface area contributed by atoms with Gasteiger partial charge in [0, 0.05) is 13.6 Å². The molecule has 0 unspecified atom stereocenters. The summed E-state index contributed by atoms with van der Waals surface area (Å²) in [4.78, 5) is 17.1. The van der Waals surface area contributed by atoms with Gasteiger partial charge in [0.05, 0.1) is 5.60 Å². The van der Waals surface area contributed by atoms with Crippen LogP contribution in [0.15, 0.2) is 0 Å². The maximum Gasteiger partial charge on any atom is 0.291 e. The fourth-order valence-corrected chi connectivity index (χ4v) is 2.26. The summed E-state index contributed by atoms with van der Waals surface area (Å²) in [5.41, 5.74) is 4.58. The summed E-state index contributed by atoms with van der Waals surface area (Å²) < 4.78 is 0. The van der Waals surface area contributed by atoms with E-state index in [0.29, 0.717) is 6.54 Å². The van der Waals surface area contributed by atoms with Gasteiger partial charge in [-0.2, -0.15) is 4.98 Å². The number of rotatable bonds is 3.